The van der Waals surface area contributed by atoms with Crippen LogP contribution in [-0.2, 0) is 0 Å². The minimum absolute atomic E-state index is 0.648. The molecule has 0 spiro atoms. The van der Waals surface area contributed by atoms with E-state index in [1.54, 1.807) is 0 Å². The van der Waals surface area contributed by atoms with Gasteiger partial charge in [0.25, 0.3) is 0 Å². The quantitative estimate of drug-likeness (QED) is 0.750. The summed E-state index contributed by atoms with van der Waals surface area (Å²) in [6.45, 7) is 2.27. The zero-order valence-corrected chi connectivity index (χ0v) is 11.7. The Morgan fingerprint density at radius 2 is 1.72 bits per heavy atom. The summed E-state index contributed by atoms with van der Waals surface area (Å²) in [5, 5.41) is 19.0. The van der Waals surface area contributed by atoms with Gasteiger partial charge in [-0.3, -0.25) is 0 Å². The van der Waals surface area contributed by atoms with Crippen LogP contribution in [0.15, 0.2) is 11.0 Å². The van der Waals surface area contributed by atoms with Gasteiger partial charge in [0.2, 0.25) is 0 Å². The van der Waals surface area contributed by atoms with Crippen LogP contribution >= 0.6 is 0 Å². The fourth-order valence-corrected chi connectivity index (χ4v) is 3.92. The first kappa shape index (κ1) is 14.1. The highest BCUT2D eigenvalue weighted by molar-refractivity contribution is 6.50. The van der Waals surface area contributed by atoms with Crippen molar-refractivity contribution in [1.82, 2.24) is 0 Å². The Kier molecular flexibility index (Phi) is 5.31. The molecule has 1 saturated carbocycles. The van der Waals surface area contributed by atoms with Gasteiger partial charge in [0.1, 0.15) is 0 Å². The van der Waals surface area contributed by atoms with E-state index in [4.69, 9.17) is 0 Å². The highest BCUT2D eigenvalue weighted by Crippen LogP contribution is 2.40. The van der Waals surface area contributed by atoms with Crippen LogP contribution in [0.2, 0.25) is 0 Å². The molecular formula is C15H27BO2. The van der Waals surface area contributed by atoms with Crippen molar-refractivity contribution in [2.75, 3.05) is 0 Å². The van der Waals surface area contributed by atoms with E-state index in [2.05, 4.69) is 6.92 Å². The first-order valence-corrected chi connectivity index (χ1v) is 7.80. The summed E-state index contributed by atoms with van der Waals surface area (Å²) in [6, 6.07) is 0. The number of hydrogen-bond acceptors (Lipinski definition) is 2. The maximum atomic E-state index is 9.51. The molecule has 0 unspecified atom stereocenters. The molecule has 0 heterocycles. The summed E-state index contributed by atoms with van der Waals surface area (Å²) >= 11 is 0. The molecule has 18 heavy (non-hydrogen) atoms. The van der Waals surface area contributed by atoms with Crippen LogP contribution in [0.1, 0.15) is 71.1 Å². The normalized spacial score (nSPS) is 29.5. The van der Waals surface area contributed by atoms with E-state index in [1.165, 1.54) is 50.5 Å². The molecule has 0 saturated heterocycles. The summed E-state index contributed by atoms with van der Waals surface area (Å²) in [6.07, 6.45) is 12.3. The largest absolute Gasteiger partial charge is 0.484 e. The van der Waals surface area contributed by atoms with Crippen molar-refractivity contribution in [3.63, 3.8) is 0 Å². The fraction of sp³-hybridized carbons (Fsp3) is 0.867. The summed E-state index contributed by atoms with van der Waals surface area (Å²) < 4.78 is 0. The Morgan fingerprint density at radius 3 is 2.33 bits per heavy atom. The highest BCUT2D eigenvalue weighted by atomic mass is 16.4. The predicted molar refractivity (Wildman–Crippen MR) is 76.0 cm³/mol. The van der Waals surface area contributed by atoms with Crippen LogP contribution < -0.4 is 0 Å². The molecular weight excluding hydrogens is 223 g/mol. The minimum Gasteiger partial charge on any atom is -0.423 e. The van der Waals surface area contributed by atoms with Crippen molar-refractivity contribution in [3.8, 4) is 0 Å². The molecule has 2 rings (SSSR count). The van der Waals surface area contributed by atoms with E-state index in [-0.39, 0.29) is 0 Å². The van der Waals surface area contributed by atoms with Gasteiger partial charge in [-0.15, -0.1) is 0 Å². The number of hydrogen-bond donors (Lipinski definition) is 2. The zero-order valence-electron chi connectivity index (χ0n) is 11.7. The summed E-state index contributed by atoms with van der Waals surface area (Å²) in [7, 11) is -1.20. The van der Waals surface area contributed by atoms with Crippen LogP contribution in [0.25, 0.3) is 0 Å². The molecule has 2 aliphatic rings. The lowest BCUT2D eigenvalue weighted by molar-refractivity contribution is 0.279. The van der Waals surface area contributed by atoms with E-state index in [9.17, 15) is 10.0 Å². The molecule has 0 bridgehead atoms. The molecule has 0 radical (unpaired) electrons. The third kappa shape index (κ3) is 3.39. The van der Waals surface area contributed by atoms with Gasteiger partial charge in [-0.1, -0.05) is 25.3 Å². The van der Waals surface area contributed by atoms with Crippen LogP contribution in [-0.4, -0.2) is 17.2 Å². The van der Waals surface area contributed by atoms with E-state index >= 15 is 0 Å². The zero-order chi connectivity index (χ0) is 13.0. The van der Waals surface area contributed by atoms with Crippen LogP contribution in [0, 0.1) is 11.8 Å². The highest BCUT2D eigenvalue weighted by Gasteiger charge is 2.29. The van der Waals surface area contributed by atoms with Crippen molar-refractivity contribution in [2.45, 2.75) is 71.1 Å². The second-order valence-corrected chi connectivity index (χ2v) is 6.14. The fourth-order valence-electron chi connectivity index (χ4n) is 3.92. The maximum absolute atomic E-state index is 9.51. The minimum atomic E-state index is -1.20. The maximum Gasteiger partial charge on any atom is 0.484 e. The average molecular weight is 250 g/mol. The Labute approximate surface area is 112 Å². The van der Waals surface area contributed by atoms with E-state index in [0.29, 0.717) is 5.92 Å². The molecule has 0 atom stereocenters. The van der Waals surface area contributed by atoms with Gasteiger partial charge in [-0.25, -0.2) is 0 Å². The van der Waals surface area contributed by atoms with E-state index in [0.717, 1.165) is 30.7 Å². The lowest BCUT2D eigenvalue weighted by Crippen LogP contribution is -2.25. The number of rotatable bonds is 4. The van der Waals surface area contributed by atoms with E-state index < -0.39 is 7.12 Å². The monoisotopic (exact) mass is 250 g/mol. The smallest absolute Gasteiger partial charge is 0.423 e. The van der Waals surface area contributed by atoms with Gasteiger partial charge >= 0.3 is 7.12 Å². The van der Waals surface area contributed by atoms with Gasteiger partial charge in [0.05, 0.1) is 0 Å². The van der Waals surface area contributed by atoms with Crippen LogP contribution in [0.4, 0.5) is 0 Å². The Bertz CT molecular complexity index is 291. The standard InChI is InChI=1S/C15H27BO2/c1-2-5-12-8-10-13(11-9-12)14-6-3-4-7-15(14)16(17)18/h12-13,17-18H,2-11H2,1H3. The van der Waals surface area contributed by atoms with Gasteiger partial charge in [-0.05, 0) is 68.7 Å². The third-order valence-corrected chi connectivity index (χ3v) is 4.90. The van der Waals surface area contributed by atoms with E-state index in [1.807, 2.05) is 0 Å². The summed E-state index contributed by atoms with van der Waals surface area (Å²) in [5.41, 5.74) is 2.37. The average Bonchev–Trinajstić information content (AvgIpc) is 2.40. The molecule has 102 valence electrons. The Balaban J connectivity index is 1.98. The molecule has 0 aliphatic heterocycles. The third-order valence-electron chi connectivity index (χ3n) is 4.90. The Morgan fingerprint density at radius 1 is 1.06 bits per heavy atom. The van der Waals surface area contributed by atoms with Crippen molar-refractivity contribution >= 4 is 7.12 Å². The second kappa shape index (κ2) is 6.77. The van der Waals surface area contributed by atoms with Crippen molar-refractivity contribution < 1.29 is 10.0 Å². The first-order chi connectivity index (χ1) is 8.72. The first-order valence-electron chi connectivity index (χ1n) is 7.80. The van der Waals surface area contributed by atoms with Crippen molar-refractivity contribution in [2.24, 2.45) is 11.8 Å². The van der Waals surface area contributed by atoms with Crippen LogP contribution in [0.5, 0.6) is 0 Å². The topological polar surface area (TPSA) is 40.5 Å². The van der Waals surface area contributed by atoms with Gasteiger partial charge < -0.3 is 10.0 Å². The number of allylic oxidation sites excluding steroid dienone is 2. The molecule has 0 aromatic rings. The van der Waals surface area contributed by atoms with Crippen molar-refractivity contribution in [3.05, 3.63) is 11.0 Å². The summed E-state index contributed by atoms with van der Waals surface area (Å²) in [5.74, 6) is 1.58. The molecule has 2 N–H and O–H groups in total. The summed E-state index contributed by atoms with van der Waals surface area (Å²) in [4.78, 5) is 0. The Hall–Kier alpha value is -0.275. The molecule has 3 heteroatoms. The van der Waals surface area contributed by atoms with Gasteiger partial charge in [0.15, 0.2) is 0 Å². The molecule has 0 amide bonds. The predicted octanol–water partition coefficient (Wildman–Crippen LogP) is 3.48. The van der Waals surface area contributed by atoms with Gasteiger partial charge in [-0.2, -0.15) is 0 Å². The van der Waals surface area contributed by atoms with Crippen LogP contribution in [0.3, 0.4) is 0 Å². The van der Waals surface area contributed by atoms with Gasteiger partial charge in [0, 0.05) is 0 Å². The molecule has 1 fully saturated rings. The lowest BCUT2D eigenvalue weighted by atomic mass is 9.64. The SMILES string of the molecule is CCCC1CCC(C2=C(B(O)O)CCCC2)CC1. The molecule has 0 aromatic heterocycles. The molecule has 0 aromatic carbocycles. The molecule has 2 aliphatic carbocycles. The second-order valence-electron chi connectivity index (χ2n) is 6.14. The molecule has 2 nitrogen and oxygen atoms in total. The van der Waals surface area contributed by atoms with Crippen molar-refractivity contribution in [1.29, 1.82) is 0 Å². The lowest BCUT2D eigenvalue weighted by Gasteiger charge is -2.33.